The summed E-state index contributed by atoms with van der Waals surface area (Å²) in [5.74, 6) is 2.54. The Labute approximate surface area is 183 Å². The Morgan fingerprint density at radius 2 is 1.83 bits per heavy atom. The normalized spacial score (nSPS) is 14.0. The molecule has 1 saturated heterocycles. The Kier molecular flexibility index (Phi) is 5.18. The molecule has 2 N–H and O–H groups in total. The Hall–Kier alpha value is -2.84. The highest BCUT2D eigenvalue weighted by Crippen LogP contribution is 2.31. The van der Waals surface area contributed by atoms with Crippen LogP contribution in [0.4, 0.5) is 11.8 Å². The molecule has 2 aromatic carbocycles. The molecule has 0 radical (unpaired) electrons. The standard InChI is InChI=1S/C21H20ClN7S/c22-14-6-5-7-15(12-14)29-20(28-10-3-4-11-28)26-27-21(29)30-13-18-24-17-9-2-1-8-16(17)19(23)25-18/h1-2,5-9,12H,3-4,10-11,13H2,(H2,23,24,25). The number of para-hydroxylation sites is 1. The van der Waals surface area contributed by atoms with Crippen molar-refractivity contribution in [2.45, 2.75) is 23.8 Å². The molecule has 30 heavy (non-hydrogen) atoms. The number of halogens is 1. The Bertz CT molecular complexity index is 1200. The Balaban J connectivity index is 1.48. The number of nitrogens with zero attached hydrogens (tertiary/aromatic N) is 6. The van der Waals surface area contributed by atoms with Crippen molar-refractivity contribution in [2.24, 2.45) is 0 Å². The van der Waals surface area contributed by atoms with Crippen molar-refractivity contribution < 1.29 is 0 Å². The zero-order valence-electron chi connectivity index (χ0n) is 16.2. The highest BCUT2D eigenvalue weighted by molar-refractivity contribution is 7.98. The fourth-order valence-electron chi connectivity index (χ4n) is 3.66. The monoisotopic (exact) mass is 437 g/mol. The first kappa shape index (κ1) is 19.1. The lowest BCUT2D eigenvalue weighted by Gasteiger charge is -2.18. The molecule has 5 rings (SSSR count). The largest absolute Gasteiger partial charge is 0.383 e. The van der Waals surface area contributed by atoms with Crippen molar-refractivity contribution in [2.75, 3.05) is 23.7 Å². The van der Waals surface area contributed by atoms with Crippen LogP contribution in [0.1, 0.15) is 18.7 Å². The van der Waals surface area contributed by atoms with Crippen molar-refractivity contribution in [1.82, 2.24) is 24.7 Å². The molecule has 9 heteroatoms. The van der Waals surface area contributed by atoms with Gasteiger partial charge >= 0.3 is 0 Å². The predicted octanol–water partition coefficient (Wildman–Crippen LogP) is 4.34. The van der Waals surface area contributed by atoms with Gasteiger partial charge in [-0.25, -0.2) is 9.97 Å². The molecular weight excluding hydrogens is 418 g/mol. The minimum absolute atomic E-state index is 0.491. The average Bonchev–Trinajstić information content (AvgIpc) is 3.42. The van der Waals surface area contributed by atoms with Crippen LogP contribution in [0.2, 0.25) is 5.02 Å². The molecule has 1 aliphatic rings. The summed E-state index contributed by atoms with van der Waals surface area (Å²) in [6, 6.07) is 15.5. The van der Waals surface area contributed by atoms with Crippen LogP contribution in [-0.4, -0.2) is 37.8 Å². The van der Waals surface area contributed by atoms with Crippen LogP contribution in [0.3, 0.4) is 0 Å². The van der Waals surface area contributed by atoms with Crippen molar-refractivity contribution in [3.63, 3.8) is 0 Å². The van der Waals surface area contributed by atoms with Crippen LogP contribution in [0.15, 0.2) is 53.7 Å². The molecule has 0 unspecified atom stereocenters. The summed E-state index contributed by atoms with van der Waals surface area (Å²) >= 11 is 7.80. The van der Waals surface area contributed by atoms with Crippen molar-refractivity contribution >= 4 is 46.0 Å². The van der Waals surface area contributed by atoms with E-state index in [2.05, 4.69) is 29.6 Å². The van der Waals surface area contributed by atoms with Gasteiger partial charge < -0.3 is 10.6 Å². The van der Waals surface area contributed by atoms with Crippen LogP contribution in [0, 0.1) is 0 Å². The zero-order valence-corrected chi connectivity index (χ0v) is 17.8. The number of nitrogens with two attached hydrogens (primary N) is 1. The topological polar surface area (TPSA) is 85.7 Å². The van der Waals surface area contributed by atoms with E-state index in [1.807, 2.05) is 48.5 Å². The third-order valence-electron chi connectivity index (χ3n) is 5.08. The molecule has 0 saturated carbocycles. The van der Waals surface area contributed by atoms with Crippen molar-refractivity contribution in [3.8, 4) is 5.69 Å². The second-order valence-electron chi connectivity index (χ2n) is 7.12. The number of thioether (sulfide) groups is 1. The SMILES string of the molecule is Nc1nc(CSc2nnc(N3CCCC3)n2-c2cccc(Cl)c2)nc2ccccc12. The first-order valence-corrected chi connectivity index (χ1v) is 11.2. The van der Waals surface area contributed by atoms with Gasteiger partial charge in [0.05, 0.1) is 17.0 Å². The molecule has 4 aromatic rings. The molecule has 2 aromatic heterocycles. The molecule has 1 fully saturated rings. The van der Waals surface area contributed by atoms with Crippen LogP contribution in [-0.2, 0) is 5.75 Å². The van der Waals surface area contributed by atoms with Gasteiger partial charge in [0.1, 0.15) is 11.6 Å². The van der Waals surface area contributed by atoms with Crippen LogP contribution in [0.5, 0.6) is 0 Å². The Morgan fingerprint density at radius 1 is 1.00 bits per heavy atom. The van der Waals surface area contributed by atoms with Gasteiger partial charge in [-0.3, -0.25) is 4.57 Å². The molecule has 0 bridgehead atoms. The molecule has 0 atom stereocenters. The maximum absolute atomic E-state index is 6.26. The number of rotatable bonds is 5. The van der Waals surface area contributed by atoms with Gasteiger partial charge in [-0.1, -0.05) is 41.6 Å². The van der Waals surface area contributed by atoms with Gasteiger partial charge in [0, 0.05) is 23.5 Å². The smallest absolute Gasteiger partial charge is 0.232 e. The highest BCUT2D eigenvalue weighted by atomic mass is 35.5. The number of anilines is 2. The zero-order chi connectivity index (χ0) is 20.5. The molecular formula is C21H20ClN7S. The van der Waals surface area contributed by atoms with E-state index in [0.717, 1.165) is 53.6 Å². The third kappa shape index (κ3) is 3.68. The maximum atomic E-state index is 6.26. The third-order valence-corrected chi connectivity index (χ3v) is 6.24. The van der Waals surface area contributed by atoms with Crippen molar-refractivity contribution in [1.29, 1.82) is 0 Å². The van der Waals surface area contributed by atoms with Crippen LogP contribution in [0.25, 0.3) is 16.6 Å². The number of aromatic nitrogens is 5. The summed E-state index contributed by atoms with van der Waals surface area (Å²) in [6.45, 7) is 1.96. The van der Waals surface area contributed by atoms with E-state index in [-0.39, 0.29) is 0 Å². The first-order valence-electron chi connectivity index (χ1n) is 9.79. The first-order chi connectivity index (χ1) is 14.7. The van der Waals surface area contributed by atoms with E-state index in [1.165, 1.54) is 11.8 Å². The van der Waals surface area contributed by atoms with E-state index in [0.29, 0.717) is 22.4 Å². The minimum atomic E-state index is 0.491. The van der Waals surface area contributed by atoms with Gasteiger partial charge in [-0.05, 0) is 43.2 Å². The summed E-state index contributed by atoms with van der Waals surface area (Å²) in [7, 11) is 0. The second kappa shape index (κ2) is 8.12. The summed E-state index contributed by atoms with van der Waals surface area (Å²) in [6.07, 6.45) is 2.32. The van der Waals surface area contributed by atoms with Crippen LogP contribution >= 0.6 is 23.4 Å². The van der Waals surface area contributed by atoms with E-state index >= 15 is 0 Å². The number of hydrogen-bond acceptors (Lipinski definition) is 7. The Morgan fingerprint density at radius 3 is 2.67 bits per heavy atom. The highest BCUT2D eigenvalue weighted by Gasteiger charge is 2.23. The predicted molar refractivity (Wildman–Crippen MR) is 121 cm³/mol. The average molecular weight is 438 g/mol. The number of benzene rings is 2. The fraction of sp³-hybridized carbons (Fsp3) is 0.238. The second-order valence-corrected chi connectivity index (χ2v) is 8.50. The molecule has 152 valence electrons. The van der Waals surface area contributed by atoms with E-state index in [9.17, 15) is 0 Å². The van der Waals surface area contributed by atoms with Gasteiger partial charge in [0.15, 0.2) is 5.16 Å². The lowest BCUT2D eigenvalue weighted by atomic mass is 10.2. The van der Waals surface area contributed by atoms with E-state index in [4.69, 9.17) is 17.3 Å². The van der Waals surface area contributed by atoms with Gasteiger partial charge in [0.25, 0.3) is 0 Å². The summed E-state index contributed by atoms with van der Waals surface area (Å²) in [4.78, 5) is 11.4. The fourth-order valence-corrected chi connectivity index (χ4v) is 4.65. The molecule has 7 nitrogen and oxygen atoms in total. The molecule has 3 heterocycles. The quantitative estimate of drug-likeness (QED) is 0.465. The van der Waals surface area contributed by atoms with Gasteiger partial charge in [-0.2, -0.15) is 0 Å². The molecule has 1 aliphatic heterocycles. The van der Waals surface area contributed by atoms with Gasteiger partial charge in [0.2, 0.25) is 5.95 Å². The molecule has 0 spiro atoms. The van der Waals surface area contributed by atoms with E-state index in [1.54, 1.807) is 0 Å². The summed E-state index contributed by atoms with van der Waals surface area (Å²) < 4.78 is 2.06. The number of hydrogen-bond donors (Lipinski definition) is 1. The minimum Gasteiger partial charge on any atom is -0.383 e. The lowest BCUT2D eigenvalue weighted by Crippen LogP contribution is -2.22. The van der Waals surface area contributed by atoms with E-state index < -0.39 is 0 Å². The molecule has 0 amide bonds. The van der Waals surface area contributed by atoms with Gasteiger partial charge in [-0.15, -0.1) is 10.2 Å². The van der Waals surface area contributed by atoms with Crippen molar-refractivity contribution in [3.05, 3.63) is 59.4 Å². The summed E-state index contributed by atoms with van der Waals surface area (Å²) in [5, 5.41) is 11.3. The number of fused-ring (bicyclic) bond motifs is 1. The number of nitrogen functional groups attached to an aromatic ring is 1. The van der Waals surface area contributed by atoms with Crippen LogP contribution < -0.4 is 10.6 Å². The summed E-state index contributed by atoms with van der Waals surface area (Å²) in [5.41, 5.74) is 7.92. The lowest BCUT2D eigenvalue weighted by molar-refractivity contribution is 0.840. The maximum Gasteiger partial charge on any atom is 0.232 e. The molecule has 0 aliphatic carbocycles.